The van der Waals surface area contributed by atoms with Gasteiger partial charge in [-0.2, -0.15) is 0 Å². The summed E-state index contributed by atoms with van der Waals surface area (Å²) in [6.45, 7) is 5.64. The van der Waals surface area contributed by atoms with Crippen molar-refractivity contribution in [2.45, 2.75) is 76.9 Å². The highest BCUT2D eigenvalue weighted by Gasteiger charge is 2.40. The summed E-state index contributed by atoms with van der Waals surface area (Å²) < 4.78 is 6.00. The van der Waals surface area contributed by atoms with E-state index in [-0.39, 0.29) is 5.60 Å². The van der Waals surface area contributed by atoms with Crippen molar-refractivity contribution >= 4 is 0 Å². The molecule has 0 aromatic carbocycles. The lowest BCUT2D eigenvalue weighted by Gasteiger charge is -2.44. The van der Waals surface area contributed by atoms with E-state index in [4.69, 9.17) is 11.2 Å². The van der Waals surface area contributed by atoms with Gasteiger partial charge in [-0.1, -0.05) is 13.8 Å². The fourth-order valence-corrected chi connectivity index (χ4v) is 3.22. The van der Waals surface area contributed by atoms with Crippen LogP contribution in [0.4, 0.5) is 0 Å². The van der Waals surface area contributed by atoms with Gasteiger partial charge in [0.2, 0.25) is 0 Å². The van der Waals surface area contributed by atoms with E-state index >= 15 is 0 Å². The summed E-state index contributed by atoms with van der Waals surface area (Å²) in [6.07, 6.45) is 14.6. The Kier molecular flexibility index (Phi) is 7.49. The summed E-state index contributed by atoms with van der Waals surface area (Å²) in [7, 11) is 1.89. The van der Waals surface area contributed by atoms with E-state index in [1.54, 1.807) is 0 Å². The first-order valence-electron chi connectivity index (χ1n) is 7.90. The van der Waals surface area contributed by atoms with Crippen molar-refractivity contribution in [3.8, 4) is 12.3 Å². The zero-order valence-electron chi connectivity index (χ0n) is 13.0. The van der Waals surface area contributed by atoms with E-state index < -0.39 is 0 Å². The molecule has 1 N–H and O–H groups in total. The maximum atomic E-state index is 6.00. The highest BCUT2D eigenvalue weighted by atomic mass is 16.5. The summed E-state index contributed by atoms with van der Waals surface area (Å²) in [5, 5.41) is 3.71. The quantitative estimate of drug-likeness (QED) is 0.533. The number of methoxy groups -OCH3 is 1. The molecular weight excluding hydrogens is 234 g/mol. The number of terminal acetylenes is 1. The molecule has 0 saturated heterocycles. The van der Waals surface area contributed by atoms with Gasteiger partial charge >= 0.3 is 0 Å². The summed E-state index contributed by atoms with van der Waals surface area (Å²) in [5.41, 5.74) is 0.0380. The van der Waals surface area contributed by atoms with Crippen molar-refractivity contribution in [2.75, 3.05) is 13.7 Å². The van der Waals surface area contributed by atoms with Crippen LogP contribution in [0.3, 0.4) is 0 Å². The van der Waals surface area contributed by atoms with Crippen LogP contribution in [0.25, 0.3) is 0 Å². The summed E-state index contributed by atoms with van der Waals surface area (Å²) >= 11 is 0. The van der Waals surface area contributed by atoms with Crippen molar-refractivity contribution in [2.24, 2.45) is 5.92 Å². The van der Waals surface area contributed by atoms with Crippen LogP contribution in [0.2, 0.25) is 0 Å². The molecule has 1 unspecified atom stereocenters. The Morgan fingerprint density at radius 1 is 1.42 bits per heavy atom. The second-order valence-electron chi connectivity index (χ2n) is 6.05. The smallest absolute Gasteiger partial charge is 0.0831 e. The number of nitrogens with one attached hydrogen (secondary N) is 1. The highest BCUT2D eigenvalue weighted by Crippen LogP contribution is 2.38. The molecule has 2 heteroatoms. The maximum Gasteiger partial charge on any atom is 0.0831 e. The van der Waals surface area contributed by atoms with E-state index in [1.807, 2.05) is 7.11 Å². The molecule has 2 nitrogen and oxygen atoms in total. The van der Waals surface area contributed by atoms with Crippen molar-refractivity contribution in [1.29, 1.82) is 0 Å². The van der Waals surface area contributed by atoms with Crippen LogP contribution in [0, 0.1) is 18.3 Å². The maximum absolute atomic E-state index is 6.00. The van der Waals surface area contributed by atoms with Crippen LogP contribution in [0.15, 0.2) is 0 Å². The second-order valence-corrected chi connectivity index (χ2v) is 6.05. The average molecular weight is 265 g/mol. The number of hydrogen-bond acceptors (Lipinski definition) is 2. The van der Waals surface area contributed by atoms with Gasteiger partial charge in [-0.3, -0.25) is 0 Å². The molecule has 1 saturated carbocycles. The Hall–Kier alpha value is -0.520. The lowest BCUT2D eigenvalue weighted by molar-refractivity contribution is -0.0766. The van der Waals surface area contributed by atoms with Crippen LogP contribution in [-0.2, 0) is 4.74 Å². The SMILES string of the molecule is C#CCCCC(NCCC)C1(OC)CCC(C)CC1. The molecule has 1 aliphatic carbocycles. The standard InChI is InChI=1S/C17H31NO/c1-5-7-8-9-16(18-14-6-2)17(19-4)12-10-15(3)11-13-17/h1,15-16,18H,6-14H2,2-4H3. The number of hydrogen-bond donors (Lipinski definition) is 1. The number of ether oxygens (including phenoxy) is 1. The molecule has 19 heavy (non-hydrogen) atoms. The predicted molar refractivity (Wildman–Crippen MR) is 82.1 cm³/mol. The summed E-state index contributed by atoms with van der Waals surface area (Å²) in [5.74, 6) is 3.60. The molecule has 110 valence electrons. The molecule has 1 aliphatic rings. The fourth-order valence-electron chi connectivity index (χ4n) is 3.22. The van der Waals surface area contributed by atoms with E-state index in [1.165, 1.54) is 32.1 Å². The molecule has 1 fully saturated rings. The van der Waals surface area contributed by atoms with Gasteiger partial charge in [0.05, 0.1) is 5.60 Å². The first-order valence-corrected chi connectivity index (χ1v) is 7.90. The molecule has 0 bridgehead atoms. The van der Waals surface area contributed by atoms with Crippen LogP contribution in [0.1, 0.15) is 65.2 Å². The van der Waals surface area contributed by atoms with Gasteiger partial charge < -0.3 is 10.1 Å². The topological polar surface area (TPSA) is 21.3 Å². The Morgan fingerprint density at radius 3 is 2.63 bits per heavy atom. The van der Waals surface area contributed by atoms with Crippen LogP contribution >= 0.6 is 0 Å². The van der Waals surface area contributed by atoms with Gasteiger partial charge in [-0.15, -0.1) is 12.3 Å². The molecule has 0 aromatic rings. The van der Waals surface area contributed by atoms with E-state index in [0.29, 0.717) is 6.04 Å². The van der Waals surface area contributed by atoms with Gasteiger partial charge in [0.25, 0.3) is 0 Å². The van der Waals surface area contributed by atoms with Gasteiger partial charge in [-0.05, 0) is 57.4 Å². The van der Waals surface area contributed by atoms with Crippen molar-refractivity contribution in [3.05, 3.63) is 0 Å². The highest BCUT2D eigenvalue weighted by molar-refractivity contribution is 4.97. The van der Waals surface area contributed by atoms with E-state index in [0.717, 1.165) is 31.7 Å². The van der Waals surface area contributed by atoms with Gasteiger partial charge in [0.15, 0.2) is 0 Å². The minimum Gasteiger partial charge on any atom is -0.377 e. The van der Waals surface area contributed by atoms with E-state index in [2.05, 4.69) is 25.1 Å². The second kappa shape index (κ2) is 8.61. The third kappa shape index (κ3) is 4.82. The molecule has 0 aliphatic heterocycles. The minimum atomic E-state index is 0.0380. The van der Waals surface area contributed by atoms with E-state index in [9.17, 15) is 0 Å². The first-order chi connectivity index (χ1) is 9.18. The third-order valence-electron chi connectivity index (χ3n) is 4.62. The van der Waals surface area contributed by atoms with Gasteiger partial charge in [-0.25, -0.2) is 0 Å². The van der Waals surface area contributed by atoms with Crippen LogP contribution in [-0.4, -0.2) is 25.3 Å². The lowest BCUT2D eigenvalue weighted by atomic mass is 9.74. The molecule has 0 heterocycles. The normalized spacial score (nSPS) is 28.8. The largest absolute Gasteiger partial charge is 0.377 e. The first kappa shape index (κ1) is 16.5. The Balaban J connectivity index is 2.65. The van der Waals surface area contributed by atoms with Crippen molar-refractivity contribution < 1.29 is 4.74 Å². The van der Waals surface area contributed by atoms with Crippen molar-refractivity contribution in [1.82, 2.24) is 5.32 Å². The number of rotatable bonds is 8. The van der Waals surface area contributed by atoms with Crippen LogP contribution < -0.4 is 5.32 Å². The molecule has 1 rings (SSSR count). The monoisotopic (exact) mass is 265 g/mol. The Bertz CT molecular complexity index is 273. The minimum absolute atomic E-state index is 0.0380. The predicted octanol–water partition coefficient (Wildman–Crippen LogP) is 3.75. The van der Waals surface area contributed by atoms with Crippen molar-refractivity contribution in [3.63, 3.8) is 0 Å². The van der Waals surface area contributed by atoms with Gasteiger partial charge in [0.1, 0.15) is 0 Å². The Labute approximate surface area is 119 Å². The molecule has 0 spiro atoms. The molecule has 0 amide bonds. The average Bonchev–Trinajstić information content (AvgIpc) is 2.44. The molecule has 0 radical (unpaired) electrons. The third-order valence-corrected chi connectivity index (χ3v) is 4.62. The lowest BCUT2D eigenvalue weighted by Crippen LogP contribution is -2.54. The molecular formula is C17H31NO. The molecule has 0 aromatic heterocycles. The zero-order chi connectivity index (χ0) is 14.1. The summed E-state index contributed by atoms with van der Waals surface area (Å²) in [6, 6.07) is 0.457. The Morgan fingerprint density at radius 2 is 2.11 bits per heavy atom. The summed E-state index contributed by atoms with van der Waals surface area (Å²) in [4.78, 5) is 0. The van der Waals surface area contributed by atoms with Gasteiger partial charge in [0, 0.05) is 19.6 Å². The molecule has 1 atom stereocenters. The fraction of sp³-hybridized carbons (Fsp3) is 0.882. The number of unbranched alkanes of at least 4 members (excludes halogenated alkanes) is 1. The zero-order valence-corrected chi connectivity index (χ0v) is 13.0. The van der Waals surface area contributed by atoms with Crippen LogP contribution in [0.5, 0.6) is 0 Å².